The van der Waals surface area contributed by atoms with Crippen molar-refractivity contribution in [2.75, 3.05) is 7.05 Å². The van der Waals surface area contributed by atoms with E-state index in [-0.39, 0.29) is 12.0 Å². The molecule has 0 aliphatic carbocycles. The number of carbonyl (C=O) groups is 1. The van der Waals surface area contributed by atoms with Crippen LogP contribution in [0.5, 0.6) is 0 Å². The monoisotopic (exact) mass is 229 g/mol. The molecule has 0 rings (SSSR count). The van der Waals surface area contributed by atoms with Crippen LogP contribution in [0.2, 0.25) is 0 Å². The van der Waals surface area contributed by atoms with Crippen LogP contribution in [0.1, 0.15) is 64.7 Å². The Morgan fingerprint density at radius 2 is 1.75 bits per heavy atom. The maximum absolute atomic E-state index is 10.9. The molecule has 0 aromatic rings. The number of carbonyl (C=O) groups excluding carboxylic acids is 1. The van der Waals surface area contributed by atoms with Gasteiger partial charge in [0, 0.05) is 13.5 Å². The number of hydrogen-bond acceptors (Lipinski definition) is 2. The van der Waals surface area contributed by atoms with Gasteiger partial charge in [0.25, 0.3) is 0 Å². The molecule has 96 valence electrons. The van der Waals surface area contributed by atoms with Gasteiger partial charge in [-0.1, -0.05) is 45.4 Å². The minimum atomic E-state index is -0.302. The molecule has 3 nitrogen and oxygen atoms in total. The highest BCUT2D eigenvalue weighted by Crippen LogP contribution is 2.11. The predicted molar refractivity (Wildman–Crippen MR) is 67.3 cm³/mol. The van der Waals surface area contributed by atoms with Crippen LogP contribution in [0.3, 0.4) is 0 Å². The lowest BCUT2D eigenvalue weighted by Crippen LogP contribution is -2.19. The van der Waals surface area contributed by atoms with Crippen LogP contribution in [-0.4, -0.2) is 24.2 Å². The molecule has 3 heteroatoms. The summed E-state index contributed by atoms with van der Waals surface area (Å²) in [5.41, 5.74) is 0. The van der Waals surface area contributed by atoms with Gasteiger partial charge in [0.05, 0.1) is 6.10 Å². The van der Waals surface area contributed by atoms with E-state index >= 15 is 0 Å². The van der Waals surface area contributed by atoms with Gasteiger partial charge in [-0.15, -0.1) is 0 Å². The Morgan fingerprint density at radius 1 is 1.12 bits per heavy atom. The Hall–Kier alpha value is -0.570. The van der Waals surface area contributed by atoms with Crippen LogP contribution in [-0.2, 0) is 4.79 Å². The van der Waals surface area contributed by atoms with Crippen LogP contribution >= 0.6 is 0 Å². The third-order valence-corrected chi connectivity index (χ3v) is 2.87. The highest BCUT2D eigenvalue weighted by atomic mass is 16.3. The Kier molecular flexibility index (Phi) is 10.5. The van der Waals surface area contributed by atoms with Crippen molar-refractivity contribution in [2.24, 2.45) is 0 Å². The van der Waals surface area contributed by atoms with Gasteiger partial charge in [0.1, 0.15) is 0 Å². The molecule has 0 aliphatic rings. The van der Waals surface area contributed by atoms with Crippen molar-refractivity contribution in [1.82, 2.24) is 5.32 Å². The molecule has 1 amide bonds. The molecule has 16 heavy (non-hydrogen) atoms. The highest BCUT2D eigenvalue weighted by Gasteiger charge is 2.06. The Balaban J connectivity index is 3.23. The van der Waals surface area contributed by atoms with Crippen LogP contribution in [0.4, 0.5) is 0 Å². The number of nitrogens with one attached hydrogen (secondary N) is 1. The van der Waals surface area contributed by atoms with Crippen LogP contribution in [0.15, 0.2) is 0 Å². The molecule has 0 radical (unpaired) electrons. The van der Waals surface area contributed by atoms with Crippen molar-refractivity contribution in [3.8, 4) is 0 Å². The SMILES string of the molecule is CCCCCCCC[C@H](O)CCC(=O)NC. The van der Waals surface area contributed by atoms with E-state index in [0.29, 0.717) is 12.8 Å². The Morgan fingerprint density at radius 3 is 2.38 bits per heavy atom. The molecule has 0 saturated heterocycles. The summed E-state index contributed by atoms with van der Waals surface area (Å²) in [6.45, 7) is 2.21. The second kappa shape index (κ2) is 10.9. The first-order chi connectivity index (χ1) is 7.70. The predicted octanol–water partition coefficient (Wildman–Crippen LogP) is 2.62. The number of aliphatic hydroxyl groups is 1. The average molecular weight is 229 g/mol. The summed E-state index contributed by atoms with van der Waals surface area (Å²) in [5, 5.41) is 12.2. The van der Waals surface area contributed by atoms with E-state index < -0.39 is 0 Å². The van der Waals surface area contributed by atoms with E-state index in [1.165, 1.54) is 32.1 Å². The average Bonchev–Trinajstić information content (AvgIpc) is 2.30. The van der Waals surface area contributed by atoms with Gasteiger partial charge in [0.15, 0.2) is 0 Å². The van der Waals surface area contributed by atoms with Gasteiger partial charge in [-0.3, -0.25) is 4.79 Å². The number of unbranched alkanes of at least 4 members (excludes halogenated alkanes) is 5. The lowest BCUT2D eigenvalue weighted by molar-refractivity contribution is -0.121. The molecule has 0 spiro atoms. The van der Waals surface area contributed by atoms with Crippen molar-refractivity contribution in [3.63, 3.8) is 0 Å². The van der Waals surface area contributed by atoms with E-state index in [2.05, 4.69) is 12.2 Å². The lowest BCUT2D eigenvalue weighted by atomic mass is 10.0. The topological polar surface area (TPSA) is 49.3 Å². The van der Waals surface area contributed by atoms with Crippen LogP contribution < -0.4 is 5.32 Å². The number of rotatable bonds is 10. The number of amides is 1. The Bertz CT molecular complexity index is 171. The molecule has 2 N–H and O–H groups in total. The van der Waals surface area contributed by atoms with Gasteiger partial charge in [-0.05, 0) is 12.8 Å². The molecule has 0 saturated carbocycles. The first-order valence-corrected chi connectivity index (χ1v) is 6.59. The summed E-state index contributed by atoms with van der Waals surface area (Å²) >= 11 is 0. The number of hydrogen-bond donors (Lipinski definition) is 2. The summed E-state index contributed by atoms with van der Waals surface area (Å²) < 4.78 is 0. The molecule has 0 unspecified atom stereocenters. The maximum atomic E-state index is 10.9. The van der Waals surface area contributed by atoms with E-state index in [1.54, 1.807) is 7.05 Å². The molecular weight excluding hydrogens is 202 g/mol. The van der Waals surface area contributed by atoms with Gasteiger partial charge >= 0.3 is 0 Å². The van der Waals surface area contributed by atoms with Crippen molar-refractivity contribution < 1.29 is 9.90 Å². The van der Waals surface area contributed by atoms with Crippen LogP contribution in [0.25, 0.3) is 0 Å². The molecule has 0 fully saturated rings. The zero-order valence-corrected chi connectivity index (χ0v) is 10.8. The third-order valence-electron chi connectivity index (χ3n) is 2.87. The maximum Gasteiger partial charge on any atom is 0.219 e. The first-order valence-electron chi connectivity index (χ1n) is 6.59. The third kappa shape index (κ3) is 9.97. The molecule has 0 bridgehead atoms. The largest absolute Gasteiger partial charge is 0.393 e. The summed E-state index contributed by atoms with van der Waals surface area (Å²) in [6.07, 6.45) is 9.03. The lowest BCUT2D eigenvalue weighted by Gasteiger charge is -2.09. The van der Waals surface area contributed by atoms with E-state index in [0.717, 1.165) is 12.8 Å². The van der Waals surface area contributed by atoms with E-state index in [1.807, 2.05) is 0 Å². The first kappa shape index (κ1) is 15.4. The van der Waals surface area contributed by atoms with E-state index in [4.69, 9.17) is 0 Å². The second-order valence-corrected chi connectivity index (χ2v) is 4.42. The fourth-order valence-corrected chi connectivity index (χ4v) is 1.73. The van der Waals surface area contributed by atoms with Crippen molar-refractivity contribution in [1.29, 1.82) is 0 Å². The molecule has 0 aromatic heterocycles. The minimum absolute atomic E-state index is 0.0157. The quantitative estimate of drug-likeness (QED) is 0.566. The van der Waals surface area contributed by atoms with Gasteiger partial charge < -0.3 is 10.4 Å². The molecule has 0 heterocycles. The molecule has 1 atom stereocenters. The van der Waals surface area contributed by atoms with E-state index in [9.17, 15) is 9.90 Å². The Labute approximate surface area is 99.6 Å². The van der Waals surface area contributed by atoms with Crippen LogP contribution in [0, 0.1) is 0 Å². The van der Waals surface area contributed by atoms with Gasteiger partial charge in [-0.25, -0.2) is 0 Å². The fraction of sp³-hybridized carbons (Fsp3) is 0.923. The summed E-state index contributed by atoms with van der Waals surface area (Å²) in [7, 11) is 1.63. The van der Waals surface area contributed by atoms with Gasteiger partial charge in [-0.2, -0.15) is 0 Å². The highest BCUT2D eigenvalue weighted by molar-refractivity contribution is 5.75. The number of aliphatic hydroxyl groups excluding tert-OH is 1. The standard InChI is InChI=1S/C13H27NO2/c1-3-4-5-6-7-8-9-12(15)10-11-13(16)14-2/h12,15H,3-11H2,1-2H3,(H,14,16)/t12-/m0/s1. The summed E-state index contributed by atoms with van der Waals surface area (Å²) in [6, 6.07) is 0. The normalized spacial score (nSPS) is 12.4. The van der Waals surface area contributed by atoms with Crippen molar-refractivity contribution in [2.45, 2.75) is 70.8 Å². The van der Waals surface area contributed by atoms with Crippen molar-refractivity contribution in [3.05, 3.63) is 0 Å². The van der Waals surface area contributed by atoms with Crippen molar-refractivity contribution >= 4 is 5.91 Å². The smallest absolute Gasteiger partial charge is 0.219 e. The summed E-state index contributed by atoms with van der Waals surface area (Å²) in [4.78, 5) is 10.9. The zero-order chi connectivity index (χ0) is 12.2. The molecule has 0 aliphatic heterocycles. The second-order valence-electron chi connectivity index (χ2n) is 4.42. The van der Waals surface area contributed by atoms with Gasteiger partial charge in [0.2, 0.25) is 5.91 Å². The fourth-order valence-electron chi connectivity index (χ4n) is 1.73. The molecule has 0 aromatic carbocycles. The zero-order valence-electron chi connectivity index (χ0n) is 10.8. The molecular formula is C13H27NO2. The minimum Gasteiger partial charge on any atom is -0.393 e. The summed E-state index contributed by atoms with van der Waals surface area (Å²) in [5.74, 6) is 0.0157.